The summed E-state index contributed by atoms with van der Waals surface area (Å²) in [6.45, 7) is 7.40. The van der Waals surface area contributed by atoms with Gasteiger partial charge in [0.15, 0.2) is 0 Å². The Kier molecular flexibility index (Phi) is 7.61. The first-order valence-corrected chi connectivity index (χ1v) is 14.4. The molecule has 2 heterocycles. The van der Waals surface area contributed by atoms with Gasteiger partial charge in [-0.05, 0) is 80.6 Å². The van der Waals surface area contributed by atoms with Gasteiger partial charge in [-0.15, -0.1) is 0 Å². The maximum Gasteiger partial charge on any atom is 0.230 e. The number of hydrogen-bond acceptors (Lipinski definition) is 8. The van der Waals surface area contributed by atoms with E-state index in [1.165, 1.54) is 5.56 Å². The van der Waals surface area contributed by atoms with Crippen LogP contribution in [0.2, 0.25) is 0 Å². The topological polar surface area (TPSA) is 111 Å². The fourth-order valence-corrected chi connectivity index (χ4v) is 6.63. The molecule has 0 unspecified atom stereocenters. The third-order valence-electron chi connectivity index (χ3n) is 6.90. The molecule has 0 atom stereocenters. The van der Waals surface area contributed by atoms with Gasteiger partial charge in [-0.1, -0.05) is 12.1 Å². The van der Waals surface area contributed by atoms with E-state index in [4.69, 9.17) is 10.00 Å². The Balaban J connectivity index is 1.18. The number of sulfonamides is 1. The summed E-state index contributed by atoms with van der Waals surface area (Å²) in [5.41, 5.74) is 4.35. The number of nitrogens with one attached hydrogen (secondary N) is 1. The molecule has 1 aromatic heterocycles. The van der Waals surface area contributed by atoms with Gasteiger partial charge in [0.2, 0.25) is 21.9 Å². The molecule has 198 valence electrons. The molecule has 10 heteroatoms. The smallest absolute Gasteiger partial charge is 0.230 e. The number of aryl methyl sites for hydroxylation is 2. The summed E-state index contributed by atoms with van der Waals surface area (Å²) in [5.74, 6) is 1.51. The third kappa shape index (κ3) is 6.13. The lowest BCUT2D eigenvalue weighted by molar-refractivity contribution is 0.278. The first-order valence-electron chi connectivity index (χ1n) is 12.9. The molecule has 0 bridgehead atoms. The van der Waals surface area contributed by atoms with Gasteiger partial charge in [0.25, 0.3) is 0 Å². The number of nitrogens with zero attached hydrogens (tertiary/aromatic N) is 5. The van der Waals surface area contributed by atoms with Crippen molar-refractivity contribution in [2.75, 3.05) is 31.5 Å². The number of benzene rings is 2. The van der Waals surface area contributed by atoms with E-state index in [1.807, 2.05) is 26.0 Å². The first-order chi connectivity index (χ1) is 18.3. The van der Waals surface area contributed by atoms with Crippen molar-refractivity contribution in [1.29, 1.82) is 5.26 Å². The van der Waals surface area contributed by atoms with Crippen molar-refractivity contribution in [2.24, 2.45) is 0 Å². The zero-order valence-corrected chi connectivity index (χ0v) is 22.5. The molecule has 2 fully saturated rings. The highest BCUT2D eigenvalue weighted by molar-refractivity contribution is 7.90. The van der Waals surface area contributed by atoms with E-state index < -0.39 is 10.0 Å². The van der Waals surface area contributed by atoms with E-state index in [1.54, 1.807) is 28.7 Å². The van der Waals surface area contributed by atoms with Crippen LogP contribution >= 0.6 is 0 Å². The van der Waals surface area contributed by atoms with Crippen molar-refractivity contribution in [3.8, 4) is 17.7 Å². The van der Waals surface area contributed by atoms with Crippen molar-refractivity contribution in [3.05, 3.63) is 70.9 Å². The standard InChI is InChI=1S/C28H32N6O3S/c1-20-16-23(18-29)17-21(2)27(20)37-26-10-11-30-28(32-26)31-24-6-4-22(5-7-24)19-33-12-3-13-34(15-14-33)38(35,36)25-8-9-25/h4-7,10-11,16-17,25H,3,8-9,12-15,19H2,1-2H3,(H,30,31,32). The molecule has 0 amide bonds. The zero-order valence-electron chi connectivity index (χ0n) is 21.7. The van der Waals surface area contributed by atoms with E-state index in [9.17, 15) is 8.42 Å². The van der Waals surface area contributed by atoms with E-state index in [-0.39, 0.29) is 5.25 Å². The van der Waals surface area contributed by atoms with Crippen LogP contribution in [0.15, 0.2) is 48.7 Å². The molecule has 1 aliphatic heterocycles. The Morgan fingerprint density at radius 2 is 1.79 bits per heavy atom. The first kappa shape index (κ1) is 26.1. The Morgan fingerprint density at radius 3 is 2.47 bits per heavy atom. The van der Waals surface area contributed by atoms with Crippen LogP contribution in [0.25, 0.3) is 0 Å². The molecule has 1 N–H and O–H groups in total. The predicted molar refractivity (Wildman–Crippen MR) is 146 cm³/mol. The van der Waals surface area contributed by atoms with E-state index in [0.717, 1.165) is 55.7 Å². The molecule has 2 aromatic carbocycles. The van der Waals surface area contributed by atoms with Crippen LogP contribution in [0.5, 0.6) is 11.6 Å². The van der Waals surface area contributed by atoms with Gasteiger partial charge in [-0.2, -0.15) is 10.2 Å². The molecule has 5 rings (SSSR count). The average Bonchev–Trinajstić information content (AvgIpc) is 3.76. The highest BCUT2D eigenvalue weighted by atomic mass is 32.2. The average molecular weight is 533 g/mol. The zero-order chi connectivity index (χ0) is 26.7. The molecule has 0 spiro atoms. The Bertz CT molecular complexity index is 1430. The highest BCUT2D eigenvalue weighted by Crippen LogP contribution is 2.32. The van der Waals surface area contributed by atoms with Crippen LogP contribution in [0.1, 0.15) is 41.5 Å². The summed E-state index contributed by atoms with van der Waals surface area (Å²) < 4.78 is 32.9. The monoisotopic (exact) mass is 532 g/mol. The van der Waals surface area contributed by atoms with Crippen molar-refractivity contribution >= 4 is 21.7 Å². The largest absolute Gasteiger partial charge is 0.438 e. The number of aromatic nitrogens is 2. The molecule has 0 radical (unpaired) electrons. The van der Waals surface area contributed by atoms with Gasteiger partial charge in [-0.3, -0.25) is 4.90 Å². The minimum atomic E-state index is -3.11. The summed E-state index contributed by atoms with van der Waals surface area (Å²) in [6, 6.07) is 15.6. The van der Waals surface area contributed by atoms with Gasteiger partial charge in [-0.25, -0.2) is 17.7 Å². The molecule has 1 saturated carbocycles. The lowest BCUT2D eigenvalue weighted by atomic mass is 10.1. The maximum absolute atomic E-state index is 12.6. The van der Waals surface area contributed by atoms with Crippen molar-refractivity contribution in [1.82, 2.24) is 19.2 Å². The molecule has 1 aliphatic carbocycles. The van der Waals surface area contributed by atoms with Crippen molar-refractivity contribution in [3.63, 3.8) is 0 Å². The van der Waals surface area contributed by atoms with E-state index in [0.29, 0.717) is 36.2 Å². The van der Waals surface area contributed by atoms with Gasteiger partial charge in [0.05, 0.1) is 16.9 Å². The van der Waals surface area contributed by atoms with Crippen LogP contribution in [-0.2, 0) is 16.6 Å². The van der Waals surface area contributed by atoms with Crippen LogP contribution in [0, 0.1) is 25.2 Å². The quantitative estimate of drug-likeness (QED) is 0.451. The number of nitriles is 1. The summed E-state index contributed by atoms with van der Waals surface area (Å²) in [7, 11) is -3.11. The second kappa shape index (κ2) is 11.1. The normalized spacial score (nSPS) is 17.0. The van der Waals surface area contributed by atoms with Crippen LogP contribution in [-0.4, -0.2) is 59.0 Å². The van der Waals surface area contributed by atoms with Gasteiger partial charge in [0.1, 0.15) is 5.75 Å². The molecule has 38 heavy (non-hydrogen) atoms. The van der Waals surface area contributed by atoms with E-state index >= 15 is 0 Å². The molecule has 1 saturated heterocycles. The molecular formula is C28H32N6O3S. The van der Waals surface area contributed by atoms with Gasteiger partial charge in [0, 0.05) is 44.1 Å². The summed E-state index contributed by atoms with van der Waals surface area (Å²) >= 11 is 0. The fourth-order valence-electron chi connectivity index (χ4n) is 4.76. The predicted octanol–water partition coefficient (Wildman–Crippen LogP) is 4.50. The van der Waals surface area contributed by atoms with Crippen LogP contribution in [0.3, 0.4) is 0 Å². The summed E-state index contributed by atoms with van der Waals surface area (Å²) in [4.78, 5) is 11.1. The molecule has 3 aromatic rings. The summed E-state index contributed by atoms with van der Waals surface area (Å²) in [6.07, 6.45) is 4.10. The van der Waals surface area contributed by atoms with Crippen LogP contribution in [0.4, 0.5) is 11.6 Å². The second-order valence-electron chi connectivity index (χ2n) is 9.97. The third-order valence-corrected chi connectivity index (χ3v) is 9.29. The van der Waals surface area contributed by atoms with Crippen molar-refractivity contribution < 1.29 is 13.2 Å². The lowest BCUT2D eigenvalue weighted by Gasteiger charge is -2.21. The second-order valence-corrected chi connectivity index (χ2v) is 12.2. The van der Waals surface area contributed by atoms with Gasteiger partial charge < -0.3 is 10.1 Å². The maximum atomic E-state index is 12.6. The summed E-state index contributed by atoms with van der Waals surface area (Å²) in [5, 5.41) is 12.2. The van der Waals surface area contributed by atoms with Crippen molar-refractivity contribution in [2.45, 2.75) is 44.9 Å². The fraction of sp³-hybridized carbons (Fsp3) is 0.393. The lowest BCUT2D eigenvalue weighted by Crippen LogP contribution is -2.37. The highest BCUT2D eigenvalue weighted by Gasteiger charge is 2.40. The minimum absolute atomic E-state index is 0.144. The number of hydrogen-bond donors (Lipinski definition) is 1. The number of anilines is 2. The Hall–Kier alpha value is -3.52. The van der Waals surface area contributed by atoms with Gasteiger partial charge >= 0.3 is 0 Å². The molecule has 2 aliphatic rings. The SMILES string of the molecule is Cc1cc(C#N)cc(C)c1Oc1ccnc(Nc2ccc(CN3CCCN(S(=O)(=O)C4CC4)CC3)cc2)n1. The van der Waals surface area contributed by atoms with E-state index in [2.05, 4.69) is 38.4 Å². The Labute approximate surface area is 224 Å². The number of ether oxygens (including phenoxy) is 1. The Morgan fingerprint density at radius 1 is 1.05 bits per heavy atom. The van der Waals surface area contributed by atoms with Crippen LogP contribution < -0.4 is 10.1 Å². The minimum Gasteiger partial charge on any atom is -0.438 e. The molecular weight excluding hydrogens is 500 g/mol. The number of rotatable bonds is 8. The molecule has 9 nitrogen and oxygen atoms in total.